The minimum absolute atomic E-state index is 0.0826. The van der Waals surface area contributed by atoms with Crippen molar-refractivity contribution in [1.82, 2.24) is 0 Å². The summed E-state index contributed by atoms with van der Waals surface area (Å²) >= 11 is 0. The number of nitrogens with one attached hydrogen (secondary N) is 2. The molecule has 0 radical (unpaired) electrons. The van der Waals surface area contributed by atoms with Crippen molar-refractivity contribution in [3.05, 3.63) is 53.1 Å². The lowest BCUT2D eigenvalue weighted by Gasteiger charge is -2.14. The standard InChI is InChI=1S/C20H26N2O3/c1-14-10-15(2)20(16(3)11-14)22-19(23)13-21-17-6-5-7-18(12-17)25-9-8-24-4/h5-7,10-12,21H,8-9,13H2,1-4H3,(H,22,23). The third-order valence-corrected chi connectivity index (χ3v) is 3.78. The second-order valence-electron chi connectivity index (χ2n) is 6.04. The fraction of sp³-hybridized carbons (Fsp3) is 0.350. The van der Waals surface area contributed by atoms with Crippen LogP contribution in [0, 0.1) is 20.8 Å². The van der Waals surface area contributed by atoms with Gasteiger partial charge in [-0.05, 0) is 44.0 Å². The molecule has 0 aromatic heterocycles. The van der Waals surface area contributed by atoms with Gasteiger partial charge in [-0.2, -0.15) is 0 Å². The third-order valence-electron chi connectivity index (χ3n) is 3.78. The molecule has 5 nitrogen and oxygen atoms in total. The highest BCUT2D eigenvalue weighted by atomic mass is 16.5. The van der Waals surface area contributed by atoms with Gasteiger partial charge in [0.15, 0.2) is 0 Å². The molecule has 2 aromatic carbocycles. The molecule has 0 atom stereocenters. The number of aryl methyl sites for hydroxylation is 3. The van der Waals surface area contributed by atoms with E-state index >= 15 is 0 Å². The molecule has 25 heavy (non-hydrogen) atoms. The molecule has 0 heterocycles. The largest absolute Gasteiger partial charge is 0.491 e. The first-order chi connectivity index (χ1) is 12.0. The Bertz CT molecular complexity index is 706. The van der Waals surface area contributed by atoms with E-state index in [4.69, 9.17) is 9.47 Å². The lowest BCUT2D eigenvalue weighted by atomic mass is 10.1. The molecular weight excluding hydrogens is 316 g/mol. The molecule has 5 heteroatoms. The number of hydrogen-bond acceptors (Lipinski definition) is 4. The monoisotopic (exact) mass is 342 g/mol. The first kappa shape index (κ1) is 18.8. The Balaban J connectivity index is 1.91. The van der Waals surface area contributed by atoms with E-state index in [-0.39, 0.29) is 12.5 Å². The van der Waals surface area contributed by atoms with Crippen LogP contribution in [0.3, 0.4) is 0 Å². The summed E-state index contributed by atoms with van der Waals surface area (Å²) in [6, 6.07) is 11.7. The lowest BCUT2D eigenvalue weighted by Crippen LogP contribution is -2.22. The van der Waals surface area contributed by atoms with E-state index in [1.165, 1.54) is 5.56 Å². The number of benzene rings is 2. The molecule has 0 aliphatic rings. The minimum Gasteiger partial charge on any atom is -0.491 e. The SMILES string of the molecule is COCCOc1cccc(NCC(=O)Nc2c(C)cc(C)cc2C)c1. The van der Waals surface area contributed by atoms with Crippen molar-refractivity contribution in [1.29, 1.82) is 0 Å². The summed E-state index contributed by atoms with van der Waals surface area (Å²) in [5.41, 5.74) is 5.05. The van der Waals surface area contributed by atoms with Crippen molar-refractivity contribution in [2.24, 2.45) is 0 Å². The summed E-state index contributed by atoms with van der Waals surface area (Å²) in [4.78, 5) is 12.2. The molecule has 0 saturated carbocycles. The fourth-order valence-electron chi connectivity index (χ4n) is 2.68. The van der Waals surface area contributed by atoms with Crippen LogP contribution >= 0.6 is 0 Å². The zero-order valence-electron chi connectivity index (χ0n) is 15.3. The van der Waals surface area contributed by atoms with Gasteiger partial charge in [0.1, 0.15) is 12.4 Å². The Kier molecular flexibility index (Phi) is 6.83. The molecule has 2 N–H and O–H groups in total. The van der Waals surface area contributed by atoms with Gasteiger partial charge in [0.25, 0.3) is 0 Å². The summed E-state index contributed by atoms with van der Waals surface area (Å²) in [5, 5.41) is 6.11. The number of amides is 1. The molecule has 1 amide bonds. The van der Waals surface area contributed by atoms with Crippen LogP contribution < -0.4 is 15.4 Å². The summed E-state index contributed by atoms with van der Waals surface area (Å²) in [7, 11) is 1.64. The zero-order chi connectivity index (χ0) is 18.2. The molecule has 134 valence electrons. The van der Waals surface area contributed by atoms with Crippen LogP contribution in [0.2, 0.25) is 0 Å². The van der Waals surface area contributed by atoms with Crippen LogP contribution in [0.4, 0.5) is 11.4 Å². The predicted octanol–water partition coefficient (Wildman–Crippen LogP) is 3.69. The van der Waals surface area contributed by atoms with Gasteiger partial charge in [-0.15, -0.1) is 0 Å². The maximum atomic E-state index is 12.2. The maximum absolute atomic E-state index is 12.2. The third kappa shape index (κ3) is 5.80. The van der Waals surface area contributed by atoms with E-state index in [2.05, 4.69) is 29.7 Å². The van der Waals surface area contributed by atoms with Gasteiger partial charge >= 0.3 is 0 Å². The zero-order valence-corrected chi connectivity index (χ0v) is 15.3. The fourth-order valence-corrected chi connectivity index (χ4v) is 2.68. The summed E-state index contributed by atoms with van der Waals surface area (Å²) in [6.45, 7) is 7.28. The average molecular weight is 342 g/mol. The van der Waals surface area contributed by atoms with Crippen molar-refractivity contribution >= 4 is 17.3 Å². The van der Waals surface area contributed by atoms with Crippen LogP contribution in [0.15, 0.2) is 36.4 Å². The Morgan fingerprint density at radius 3 is 2.44 bits per heavy atom. The number of rotatable bonds is 8. The van der Waals surface area contributed by atoms with Gasteiger partial charge in [0.05, 0.1) is 13.2 Å². The number of carbonyl (C=O) groups is 1. The van der Waals surface area contributed by atoms with E-state index in [1.807, 2.05) is 38.1 Å². The quantitative estimate of drug-likeness (QED) is 0.718. The van der Waals surface area contributed by atoms with E-state index in [0.717, 1.165) is 28.3 Å². The molecule has 0 aliphatic carbocycles. The molecule has 0 fully saturated rings. The van der Waals surface area contributed by atoms with Gasteiger partial charge in [-0.25, -0.2) is 0 Å². The van der Waals surface area contributed by atoms with Gasteiger partial charge in [0, 0.05) is 24.6 Å². The lowest BCUT2D eigenvalue weighted by molar-refractivity contribution is -0.114. The molecule has 0 unspecified atom stereocenters. The molecule has 0 bridgehead atoms. The second-order valence-corrected chi connectivity index (χ2v) is 6.04. The van der Waals surface area contributed by atoms with E-state index < -0.39 is 0 Å². The van der Waals surface area contributed by atoms with Crippen LogP contribution in [-0.2, 0) is 9.53 Å². The van der Waals surface area contributed by atoms with E-state index in [0.29, 0.717) is 13.2 Å². The van der Waals surface area contributed by atoms with Crippen LogP contribution in [0.25, 0.3) is 0 Å². The average Bonchev–Trinajstić information content (AvgIpc) is 2.57. The van der Waals surface area contributed by atoms with Crippen molar-refractivity contribution in [3.8, 4) is 5.75 Å². The topological polar surface area (TPSA) is 59.6 Å². The van der Waals surface area contributed by atoms with E-state index in [1.54, 1.807) is 7.11 Å². The van der Waals surface area contributed by atoms with Gasteiger partial charge in [-0.1, -0.05) is 23.8 Å². The summed E-state index contributed by atoms with van der Waals surface area (Å²) in [5.74, 6) is 0.661. The van der Waals surface area contributed by atoms with Crippen LogP contribution in [0.1, 0.15) is 16.7 Å². The smallest absolute Gasteiger partial charge is 0.243 e. The van der Waals surface area contributed by atoms with Crippen LogP contribution in [0.5, 0.6) is 5.75 Å². The molecule has 0 aliphatic heterocycles. The first-order valence-corrected chi connectivity index (χ1v) is 8.33. The number of anilines is 2. The Morgan fingerprint density at radius 2 is 1.76 bits per heavy atom. The summed E-state index contributed by atoms with van der Waals surface area (Å²) < 4.78 is 10.5. The van der Waals surface area contributed by atoms with Crippen molar-refractivity contribution < 1.29 is 14.3 Å². The van der Waals surface area contributed by atoms with Gasteiger partial charge in [-0.3, -0.25) is 4.79 Å². The van der Waals surface area contributed by atoms with Crippen molar-refractivity contribution in [2.75, 3.05) is 37.5 Å². The molecule has 2 aromatic rings. The van der Waals surface area contributed by atoms with Gasteiger partial charge in [0.2, 0.25) is 5.91 Å². The molecule has 0 saturated heterocycles. The second kappa shape index (κ2) is 9.08. The van der Waals surface area contributed by atoms with Gasteiger partial charge < -0.3 is 20.1 Å². The van der Waals surface area contributed by atoms with Crippen molar-refractivity contribution in [2.45, 2.75) is 20.8 Å². The highest BCUT2D eigenvalue weighted by molar-refractivity contribution is 5.95. The Labute approximate surface area is 149 Å². The number of ether oxygens (including phenoxy) is 2. The number of carbonyl (C=O) groups excluding carboxylic acids is 1. The normalized spacial score (nSPS) is 10.4. The highest BCUT2D eigenvalue weighted by Gasteiger charge is 2.08. The Hall–Kier alpha value is -2.53. The molecule has 2 rings (SSSR count). The summed E-state index contributed by atoms with van der Waals surface area (Å²) in [6.07, 6.45) is 0. The molecule has 0 spiro atoms. The van der Waals surface area contributed by atoms with E-state index in [9.17, 15) is 4.79 Å². The highest BCUT2D eigenvalue weighted by Crippen LogP contribution is 2.22. The minimum atomic E-state index is -0.0826. The molecular formula is C20H26N2O3. The number of methoxy groups -OCH3 is 1. The number of hydrogen-bond donors (Lipinski definition) is 2. The Morgan fingerprint density at radius 1 is 1.04 bits per heavy atom. The van der Waals surface area contributed by atoms with Crippen molar-refractivity contribution in [3.63, 3.8) is 0 Å². The van der Waals surface area contributed by atoms with Crippen LogP contribution in [-0.4, -0.2) is 32.8 Å². The maximum Gasteiger partial charge on any atom is 0.243 e. The predicted molar refractivity (Wildman–Crippen MR) is 102 cm³/mol. The first-order valence-electron chi connectivity index (χ1n) is 8.33.